The standard InChI is InChI=1S/C23H47N7O4/c1-2-8-22(33)34-18(9-3-4-16-30-23(26)27)17-20(31)19(25)10-11-21(32)29-15-6-5-13-28-14-7-12-24/h18-19,28H,2-17,24-25H2,1H3,(H,29,32)(H4,26,27,30). The lowest BCUT2D eigenvalue weighted by molar-refractivity contribution is -0.150. The van der Waals surface area contributed by atoms with Crippen molar-refractivity contribution in [2.75, 3.05) is 32.7 Å². The van der Waals surface area contributed by atoms with Gasteiger partial charge < -0.3 is 37.9 Å². The molecule has 0 aromatic rings. The van der Waals surface area contributed by atoms with Crippen LogP contribution in [0.3, 0.4) is 0 Å². The van der Waals surface area contributed by atoms with Crippen molar-refractivity contribution in [1.29, 1.82) is 5.41 Å². The molecule has 11 nitrogen and oxygen atoms in total. The Morgan fingerprint density at radius 1 is 0.912 bits per heavy atom. The molecule has 0 fully saturated rings. The van der Waals surface area contributed by atoms with E-state index in [-0.39, 0.29) is 42.9 Å². The molecule has 0 saturated carbocycles. The van der Waals surface area contributed by atoms with Crippen LogP contribution in [0, 0.1) is 5.41 Å². The van der Waals surface area contributed by atoms with Crippen molar-refractivity contribution in [3.8, 4) is 0 Å². The Morgan fingerprint density at radius 3 is 2.24 bits per heavy atom. The van der Waals surface area contributed by atoms with E-state index in [4.69, 9.17) is 27.3 Å². The number of nitrogens with two attached hydrogens (primary N) is 3. The number of esters is 1. The van der Waals surface area contributed by atoms with E-state index in [1.807, 2.05) is 6.92 Å². The highest BCUT2D eigenvalue weighted by atomic mass is 16.5. The number of ether oxygens (including phenoxy) is 1. The summed E-state index contributed by atoms with van der Waals surface area (Å²) in [5.74, 6) is -0.758. The van der Waals surface area contributed by atoms with Gasteiger partial charge in [0.05, 0.1) is 6.04 Å². The molecule has 0 aliphatic carbocycles. The fourth-order valence-corrected chi connectivity index (χ4v) is 3.24. The number of hydrogen-bond donors (Lipinski definition) is 7. The molecule has 2 atom stereocenters. The Labute approximate surface area is 204 Å². The third-order valence-corrected chi connectivity index (χ3v) is 5.21. The summed E-state index contributed by atoms with van der Waals surface area (Å²) in [6.07, 6.45) is 5.65. The second kappa shape index (κ2) is 21.3. The highest BCUT2D eigenvalue weighted by molar-refractivity contribution is 5.85. The zero-order valence-electron chi connectivity index (χ0n) is 20.8. The van der Waals surface area contributed by atoms with Gasteiger partial charge in [0, 0.05) is 32.4 Å². The number of unbranched alkanes of at least 4 members (excludes halogenated alkanes) is 2. The maximum absolute atomic E-state index is 12.6. The van der Waals surface area contributed by atoms with E-state index in [0.29, 0.717) is 45.3 Å². The summed E-state index contributed by atoms with van der Waals surface area (Å²) in [7, 11) is 0. The van der Waals surface area contributed by atoms with Gasteiger partial charge in [0.1, 0.15) is 6.10 Å². The van der Waals surface area contributed by atoms with Crippen molar-refractivity contribution >= 4 is 23.6 Å². The molecule has 0 heterocycles. The van der Waals surface area contributed by atoms with E-state index in [0.717, 1.165) is 38.8 Å². The lowest BCUT2D eigenvalue weighted by Gasteiger charge is -2.19. The van der Waals surface area contributed by atoms with Crippen LogP contribution in [0.5, 0.6) is 0 Å². The minimum absolute atomic E-state index is 0.0372. The fourth-order valence-electron chi connectivity index (χ4n) is 3.24. The Morgan fingerprint density at radius 2 is 1.56 bits per heavy atom. The lowest BCUT2D eigenvalue weighted by atomic mass is 9.99. The van der Waals surface area contributed by atoms with Crippen LogP contribution in [0.2, 0.25) is 0 Å². The molecule has 10 N–H and O–H groups in total. The van der Waals surface area contributed by atoms with E-state index < -0.39 is 12.1 Å². The summed E-state index contributed by atoms with van der Waals surface area (Å²) in [6.45, 7) is 5.50. The minimum atomic E-state index is -0.774. The van der Waals surface area contributed by atoms with Gasteiger partial charge in [0.25, 0.3) is 0 Å². The van der Waals surface area contributed by atoms with Crippen LogP contribution in [0.4, 0.5) is 0 Å². The zero-order valence-corrected chi connectivity index (χ0v) is 20.8. The number of nitrogens with one attached hydrogen (secondary N) is 4. The third-order valence-electron chi connectivity index (χ3n) is 5.21. The Kier molecular flexibility index (Phi) is 19.9. The van der Waals surface area contributed by atoms with Crippen molar-refractivity contribution < 1.29 is 19.1 Å². The van der Waals surface area contributed by atoms with Crippen molar-refractivity contribution in [2.45, 2.75) is 89.7 Å². The largest absolute Gasteiger partial charge is 0.462 e. The van der Waals surface area contributed by atoms with Crippen LogP contribution in [0.1, 0.15) is 77.6 Å². The number of amides is 1. The summed E-state index contributed by atoms with van der Waals surface area (Å²) < 4.78 is 5.48. The minimum Gasteiger partial charge on any atom is -0.462 e. The van der Waals surface area contributed by atoms with Gasteiger partial charge in [-0.3, -0.25) is 19.8 Å². The van der Waals surface area contributed by atoms with E-state index in [2.05, 4.69) is 16.0 Å². The smallest absolute Gasteiger partial charge is 0.306 e. The van der Waals surface area contributed by atoms with Crippen LogP contribution in [-0.4, -0.2) is 68.5 Å². The van der Waals surface area contributed by atoms with Gasteiger partial charge in [-0.2, -0.15) is 0 Å². The van der Waals surface area contributed by atoms with Crippen LogP contribution < -0.4 is 33.2 Å². The van der Waals surface area contributed by atoms with Gasteiger partial charge in [-0.1, -0.05) is 6.92 Å². The first-order valence-electron chi connectivity index (χ1n) is 12.5. The predicted octanol–water partition coefficient (Wildman–Crippen LogP) is 0.253. The van der Waals surface area contributed by atoms with E-state index >= 15 is 0 Å². The second-order valence-electron chi connectivity index (χ2n) is 8.46. The lowest BCUT2D eigenvalue weighted by Crippen LogP contribution is -2.36. The second-order valence-corrected chi connectivity index (χ2v) is 8.46. The normalized spacial score (nSPS) is 12.6. The predicted molar refractivity (Wildman–Crippen MR) is 134 cm³/mol. The van der Waals surface area contributed by atoms with Gasteiger partial charge in [0.15, 0.2) is 11.7 Å². The summed E-state index contributed by atoms with van der Waals surface area (Å²) in [4.78, 5) is 36.5. The molecule has 0 aromatic carbocycles. The Bertz CT molecular complexity index is 590. The van der Waals surface area contributed by atoms with Crippen molar-refractivity contribution in [2.24, 2.45) is 17.2 Å². The number of rotatable bonds is 22. The van der Waals surface area contributed by atoms with Crippen LogP contribution in [0.15, 0.2) is 0 Å². The summed E-state index contributed by atoms with van der Waals surface area (Å²) in [5, 5.41) is 16.0. The summed E-state index contributed by atoms with van der Waals surface area (Å²) in [5.41, 5.74) is 16.7. The molecule has 0 aliphatic rings. The van der Waals surface area contributed by atoms with Crippen molar-refractivity contribution in [3.63, 3.8) is 0 Å². The number of hydrogen-bond acceptors (Lipinski definition) is 8. The van der Waals surface area contributed by atoms with Gasteiger partial charge in [-0.15, -0.1) is 0 Å². The van der Waals surface area contributed by atoms with E-state index in [1.165, 1.54) is 0 Å². The van der Waals surface area contributed by atoms with E-state index in [9.17, 15) is 14.4 Å². The molecular formula is C23H47N7O4. The van der Waals surface area contributed by atoms with Gasteiger partial charge in [0.2, 0.25) is 5.91 Å². The maximum atomic E-state index is 12.6. The fraction of sp³-hybridized carbons (Fsp3) is 0.826. The third kappa shape index (κ3) is 19.2. The quantitative estimate of drug-likeness (QED) is 0.0486. The molecule has 198 valence electrons. The highest BCUT2D eigenvalue weighted by Crippen LogP contribution is 2.13. The molecule has 0 bridgehead atoms. The first-order valence-corrected chi connectivity index (χ1v) is 12.5. The van der Waals surface area contributed by atoms with Gasteiger partial charge in [-0.05, 0) is 71.0 Å². The molecule has 2 unspecified atom stereocenters. The maximum Gasteiger partial charge on any atom is 0.306 e. The molecule has 11 heteroatoms. The Hall–Kier alpha value is -2.24. The molecule has 0 spiro atoms. The van der Waals surface area contributed by atoms with Crippen LogP contribution >= 0.6 is 0 Å². The molecule has 0 aliphatic heterocycles. The topological polar surface area (TPSA) is 198 Å². The molecule has 34 heavy (non-hydrogen) atoms. The molecule has 0 radical (unpaired) electrons. The Balaban J connectivity index is 4.25. The first kappa shape index (κ1) is 31.8. The monoisotopic (exact) mass is 485 g/mol. The molecule has 0 aromatic heterocycles. The summed E-state index contributed by atoms with van der Waals surface area (Å²) in [6, 6.07) is -0.774. The van der Waals surface area contributed by atoms with Gasteiger partial charge in [-0.25, -0.2) is 0 Å². The zero-order chi connectivity index (χ0) is 25.6. The van der Waals surface area contributed by atoms with Crippen LogP contribution in [-0.2, 0) is 19.1 Å². The number of carbonyl (C=O) groups is 3. The average molecular weight is 486 g/mol. The van der Waals surface area contributed by atoms with Gasteiger partial charge >= 0.3 is 5.97 Å². The van der Waals surface area contributed by atoms with Crippen molar-refractivity contribution in [1.82, 2.24) is 16.0 Å². The number of guanidine groups is 1. The average Bonchev–Trinajstić information content (AvgIpc) is 2.78. The molecule has 1 amide bonds. The number of carbonyl (C=O) groups excluding carboxylic acids is 3. The highest BCUT2D eigenvalue weighted by Gasteiger charge is 2.22. The first-order chi connectivity index (χ1) is 16.3. The number of Topliss-reactive ketones (excluding diaryl/α,β-unsaturated/α-hetero) is 1. The molecule has 0 saturated heterocycles. The molecular weight excluding hydrogens is 438 g/mol. The van der Waals surface area contributed by atoms with E-state index in [1.54, 1.807) is 0 Å². The SMILES string of the molecule is CCCC(=O)OC(CCCCNC(=N)N)CC(=O)C(N)CCC(=O)NCCCCNCCCN. The van der Waals surface area contributed by atoms with Crippen LogP contribution in [0.25, 0.3) is 0 Å². The van der Waals surface area contributed by atoms with Crippen molar-refractivity contribution in [3.05, 3.63) is 0 Å². The molecule has 0 rings (SSSR count). The summed E-state index contributed by atoms with van der Waals surface area (Å²) >= 11 is 0. The number of ketones is 1.